The predicted molar refractivity (Wildman–Crippen MR) is 130 cm³/mol. The largest absolute Gasteiger partial charge is 0.481 e. The van der Waals surface area contributed by atoms with Gasteiger partial charge in [-0.15, -0.1) is 0 Å². The molecule has 1 aliphatic carbocycles. The van der Waals surface area contributed by atoms with Crippen molar-refractivity contribution >= 4 is 18.0 Å². The van der Waals surface area contributed by atoms with Gasteiger partial charge >= 0.3 is 12.1 Å². The Labute approximate surface area is 200 Å². The fraction of sp³-hybridized carbons (Fsp3) is 0.444. The minimum absolute atomic E-state index is 0.0420. The second-order valence-electron chi connectivity index (χ2n) is 9.22. The number of carboxylic acids is 1. The Hall–Kier alpha value is -3.35. The SMILES string of the molecule is CCC(CNC(=O)C(C(C)C)C(C)NC(=O)OCC1c2ccccc2-c2ccccc21)C(=O)O. The fourth-order valence-electron chi connectivity index (χ4n) is 4.77. The van der Waals surface area contributed by atoms with Crippen LogP contribution in [-0.2, 0) is 14.3 Å². The highest BCUT2D eigenvalue weighted by Crippen LogP contribution is 2.44. The molecule has 0 bridgehead atoms. The van der Waals surface area contributed by atoms with E-state index in [1.807, 2.05) is 38.1 Å². The van der Waals surface area contributed by atoms with Gasteiger partial charge in [-0.2, -0.15) is 0 Å². The molecule has 0 fully saturated rings. The van der Waals surface area contributed by atoms with Gasteiger partial charge in [-0.3, -0.25) is 9.59 Å². The van der Waals surface area contributed by atoms with E-state index in [1.165, 1.54) is 0 Å². The van der Waals surface area contributed by atoms with E-state index in [9.17, 15) is 19.5 Å². The third kappa shape index (κ3) is 5.58. The fourth-order valence-corrected chi connectivity index (χ4v) is 4.77. The Balaban J connectivity index is 1.60. The van der Waals surface area contributed by atoms with Gasteiger partial charge in [0.25, 0.3) is 0 Å². The number of benzene rings is 2. The number of carbonyl (C=O) groups is 3. The molecule has 0 aliphatic heterocycles. The van der Waals surface area contributed by atoms with Crippen LogP contribution in [0.15, 0.2) is 48.5 Å². The summed E-state index contributed by atoms with van der Waals surface area (Å²) in [6.07, 6.45) is -0.153. The van der Waals surface area contributed by atoms with Gasteiger partial charge in [0.15, 0.2) is 0 Å². The van der Waals surface area contributed by atoms with Crippen LogP contribution in [0.4, 0.5) is 4.79 Å². The summed E-state index contributed by atoms with van der Waals surface area (Å²) in [6.45, 7) is 7.59. The van der Waals surface area contributed by atoms with Crippen molar-refractivity contribution < 1.29 is 24.2 Å². The van der Waals surface area contributed by atoms with Gasteiger partial charge in [0.1, 0.15) is 6.61 Å². The number of hydrogen-bond acceptors (Lipinski definition) is 4. The second-order valence-corrected chi connectivity index (χ2v) is 9.22. The standard InChI is InChI=1S/C27H34N2O5/c1-5-18(26(31)32)14-28-25(30)24(16(2)3)17(4)29-27(33)34-15-23-21-12-8-6-10-19(21)20-11-7-9-13-22(20)23/h6-13,16-18,23-24H,5,14-15H2,1-4H3,(H,28,30)(H,29,33)(H,31,32). The lowest BCUT2D eigenvalue weighted by atomic mass is 9.88. The molecule has 182 valence electrons. The number of fused-ring (bicyclic) bond motifs is 3. The van der Waals surface area contributed by atoms with Crippen molar-refractivity contribution in [3.8, 4) is 11.1 Å². The molecule has 7 heteroatoms. The highest BCUT2D eigenvalue weighted by Gasteiger charge is 2.32. The van der Waals surface area contributed by atoms with Gasteiger partial charge < -0.3 is 20.5 Å². The Morgan fingerprint density at radius 2 is 1.53 bits per heavy atom. The molecule has 0 spiro atoms. The number of aliphatic carboxylic acids is 1. The Morgan fingerprint density at radius 3 is 2.03 bits per heavy atom. The van der Waals surface area contributed by atoms with Crippen molar-refractivity contribution in [1.29, 1.82) is 0 Å². The van der Waals surface area contributed by atoms with Gasteiger partial charge in [0, 0.05) is 18.5 Å². The van der Waals surface area contributed by atoms with Crippen LogP contribution in [-0.4, -0.2) is 42.3 Å². The Kier molecular flexibility index (Phi) is 8.31. The van der Waals surface area contributed by atoms with Crippen molar-refractivity contribution in [2.45, 2.75) is 46.1 Å². The van der Waals surface area contributed by atoms with E-state index in [1.54, 1.807) is 13.8 Å². The lowest BCUT2D eigenvalue weighted by Crippen LogP contribution is -2.48. The molecule has 3 unspecified atom stereocenters. The van der Waals surface area contributed by atoms with E-state index < -0.39 is 29.9 Å². The maximum absolute atomic E-state index is 12.8. The van der Waals surface area contributed by atoms with E-state index in [4.69, 9.17) is 4.74 Å². The van der Waals surface area contributed by atoms with Crippen LogP contribution in [0.2, 0.25) is 0 Å². The average molecular weight is 467 g/mol. The van der Waals surface area contributed by atoms with Crippen molar-refractivity contribution in [2.24, 2.45) is 17.8 Å². The number of rotatable bonds is 10. The predicted octanol–water partition coefficient (Wildman–Crippen LogP) is 4.41. The number of carboxylic acid groups (broad SMARTS) is 1. The van der Waals surface area contributed by atoms with Crippen molar-refractivity contribution in [1.82, 2.24) is 10.6 Å². The maximum atomic E-state index is 12.8. The number of hydrogen-bond donors (Lipinski definition) is 3. The number of ether oxygens (including phenoxy) is 1. The zero-order valence-electron chi connectivity index (χ0n) is 20.2. The highest BCUT2D eigenvalue weighted by atomic mass is 16.5. The summed E-state index contributed by atoms with van der Waals surface area (Å²) in [6, 6.07) is 15.8. The van der Waals surface area contributed by atoms with Crippen LogP contribution >= 0.6 is 0 Å². The molecule has 7 nitrogen and oxygen atoms in total. The number of amides is 2. The summed E-state index contributed by atoms with van der Waals surface area (Å²) in [5.41, 5.74) is 4.58. The van der Waals surface area contributed by atoms with Crippen molar-refractivity contribution in [3.05, 3.63) is 59.7 Å². The molecule has 1 aliphatic rings. The molecule has 3 rings (SSSR count). The van der Waals surface area contributed by atoms with Gasteiger partial charge in [0.05, 0.1) is 11.8 Å². The van der Waals surface area contributed by atoms with Gasteiger partial charge in [0.2, 0.25) is 5.91 Å². The molecule has 0 heterocycles. The van der Waals surface area contributed by atoms with Gasteiger partial charge in [-0.05, 0) is 41.5 Å². The van der Waals surface area contributed by atoms with Crippen LogP contribution in [0.5, 0.6) is 0 Å². The molecule has 2 amide bonds. The number of carbonyl (C=O) groups excluding carboxylic acids is 2. The summed E-state index contributed by atoms with van der Waals surface area (Å²) in [7, 11) is 0. The Bertz CT molecular complexity index is 990. The zero-order chi connectivity index (χ0) is 24.8. The third-order valence-corrected chi connectivity index (χ3v) is 6.61. The summed E-state index contributed by atoms with van der Waals surface area (Å²) in [4.78, 5) is 36.7. The van der Waals surface area contributed by atoms with E-state index in [0.29, 0.717) is 6.42 Å². The lowest BCUT2D eigenvalue weighted by Gasteiger charge is -2.27. The third-order valence-electron chi connectivity index (χ3n) is 6.61. The molecule has 0 saturated heterocycles. The van der Waals surface area contributed by atoms with Crippen LogP contribution in [0.25, 0.3) is 11.1 Å². The number of nitrogens with one attached hydrogen (secondary N) is 2. The molecule has 0 saturated carbocycles. The molecular weight excluding hydrogens is 432 g/mol. The molecule has 3 atom stereocenters. The number of alkyl carbamates (subject to hydrolysis) is 1. The molecule has 0 aromatic heterocycles. The molecular formula is C27H34N2O5. The normalized spacial score (nSPS) is 15.1. The lowest BCUT2D eigenvalue weighted by molar-refractivity contribution is -0.141. The molecule has 34 heavy (non-hydrogen) atoms. The quantitative estimate of drug-likeness (QED) is 0.481. The molecule has 2 aromatic rings. The van der Waals surface area contributed by atoms with Crippen LogP contribution in [0, 0.1) is 17.8 Å². The van der Waals surface area contributed by atoms with E-state index in [2.05, 4.69) is 34.9 Å². The minimum Gasteiger partial charge on any atom is -0.481 e. The summed E-state index contributed by atoms with van der Waals surface area (Å²) >= 11 is 0. The molecule has 2 aromatic carbocycles. The highest BCUT2D eigenvalue weighted by molar-refractivity contribution is 5.82. The monoisotopic (exact) mass is 466 g/mol. The first kappa shape index (κ1) is 25.3. The van der Waals surface area contributed by atoms with Gasteiger partial charge in [-0.1, -0.05) is 69.3 Å². The summed E-state index contributed by atoms with van der Waals surface area (Å²) in [5, 5.41) is 14.7. The van der Waals surface area contributed by atoms with E-state index in [0.717, 1.165) is 22.3 Å². The topological polar surface area (TPSA) is 105 Å². The van der Waals surface area contributed by atoms with Crippen LogP contribution in [0.3, 0.4) is 0 Å². The first-order chi connectivity index (χ1) is 16.2. The average Bonchev–Trinajstić information content (AvgIpc) is 3.11. The minimum atomic E-state index is -0.936. The van der Waals surface area contributed by atoms with Gasteiger partial charge in [-0.25, -0.2) is 4.79 Å². The second kappa shape index (κ2) is 11.2. The first-order valence-electron chi connectivity index (χ1n) is 11.9. The molecule has 3 N–H and O–H groups in total. The summed E-state index contributed by atoms with van der Waals surface area (Å²) in [5.74, 6) is -2.47. The van der Waals surface area contributed by atoms with Crippen LogP contribution in [0.1, 0.15) is 51.2 Å². The zero-order valence-corrected chi connectivity index (χ0v) is 20.2. The van der Waals surface area contributed by atoms with Crippen molar-refractivity contribution in [3.63, 3.8) is 0 Å². The van der Waals surface area contributed by atoms with Crippen LogP contribution < -0.4 is 10.6 Å². The van der Waals surface area contributed by atoms with E-state index >= 15 is 0 Å². The summed E-state index contributed by atoms with van der Waals surface area (Å²) < 4.78 is 5.61. The smallest absolute Gasteiger partial charge is 0.407 e. The van der Waals surface area contributed by atoms with Crippen molar-refractivity contribution in [2.75, 3.05) is 13.2 Å². The van der Waals surface area contributed by atoms with E-state index in [-0.39, 0.29) is 30.9 Å². The Morgan fingerprint density at radius 1 is 0.971 bits per heavy atom. The first-order valence-corrected chi connectivity index (χ1v) is 11.9. The maximum Gasteiger partial charge on any atom is 0.407 e. The molecule has 0 radical (unpaired) electrons.